The van der Waals surface area contributed by atoms with Crippen LogP contribution >= 0.6 is 24.8 Å². The monoisotopic (exact) mass is 378 g/mol. The van der Waals surface area contributed by atoms with Gasteiger partial charge in [-0.15, -0.1) is 24.8 Å². The van der Waals surface area contributed by atoms with E-state index in [-0.39, 0.29) is 24.8 Å². The van der Waals surface area contributed by atoms with Gasteiger partial charge in [-0.2, -0.15) is 0 Å². The van der Waals surface area contributed by atoms with Gasteiger partial charge in [-0.25, -0.2) is 0 Å². The molecule has 1 heterocycles. The third-order valence-corrected chi connectivity index (χ3v) is 4.31. The van der Waals surface area contributed by atoms with Gasteiger partial charge >= 0.3 is 0 Å². The van der Waals surface area contributed by atoms with Crippen molar-refractivity contribution in [1.82, 2.24) is 10.2 Å². The molecular formula is C18H32Cl2N2O2. The first-order valence-electron chi connectivity index (χ1n) is 8.24. The van der Waals surface area contributed by atoms with Gasteiger partial charge in [-0.05, 0) is 37.0 Å². The van der Waals surface area contributed by atoms with E-state index in [4.69, 9.17) is 9.47 Å². The Morgan fingerprint density at radius 3 is 1.96 bits per heavy atom. The summed E-state index contributed by atoms with van der Waals surface area (Å²) in [7, 11) is 3.50. The van der Waals surface area contributed by atoms with E-state index in [1.807, 2.05) is 0 Å². The summed E-state index contributed by atoms with van der Waals surface area (Å²) in [5.41, 5.74) is 2.37. The van der Waals surface area contributed by atoms with E-state index in [2.05, 4.69) is 43.1 Å². The highest BCUT2D eigenvalue weighted by Crippen LogP contribution is 2.41. The molecule has 1 aliphatic heterocycles. The standard InChI is InChI=1S/C18H30N2O2.2ClH/c1-13(2)10-15(20-8-6-19-7-9-20)18-16(21-4)11-14(3)12-17(18)22-5;;/h11-13,15,19H,6-10H2,1-5H3;2*1H/t15-;;/m0../s1. The lowest BCUT2D eigenvalue weighted by molar-refractivity contribution is 0.148. The van der Waals surface area contributed by atoms with Gasteiger partial charge < -0.3 is 14.8 Å². The molecule has 1 fully saturated rings. The number of nitrogens with zero attached hydrogens (tertiary/aromatic N) is 1. The zero-order chi connectivity index (χ0) is 16.1. The Morgan fingerprint density at radius 1 is 1.04 bits per heavy atom. The minimum absolute atomic E-state index is 0. The molecule has 0 bridgehead atoms. The molecule has 0 aliphatic carbocycles. The van der Waals surface area contributed by atoms with Crippen LogP contribution in [0, 0.1) is 12.8 Å². The molecule has 140 valence electrons. The van der Waals surface area contributed by atoms with Gasteiger partial charge in [0.05, 0.1) is 19.8 Å². The number of hydrogen-bond donors (Lipinski definition) is 1. The lowest BCUT2D eigenvalue weighted by Gasteiger charge is -2.37. The van der Waals surface area contributed by atoms with Crippen molar-refractivity contribution in [1.29, 1.82) is 0 Å². The minimum atomic E-state index is 0. The van der Waals surface area contributed by atoms with Gasteiger partial charge in [0.15, 0.2) is 0 Å². The first-order chi connectivity index (χ1) is 10.6. The van der Waals surface area contributed by atoms with E-state index in [0.717, 1.165) is 44.1 Å². The molecule has 0 saturated carbocycles. The lowest BCUT2D eigenvalue weighted by Crippen LogP contribution is -2.45. The van der Waals surface area contributed by atoms with Crippen LogP contribution < -0.4 is 14.8 Å². The van der Waals surface area contributed by atoms with Crippen LogP contribution in [0.5, 0.6) is 11.5 Å². The highest BCUT2D eigenvalue weighted by atomic mass is 35.5. The van der Waals surface area contributed by atoms with Gasteiger partial charge in [0.25, 0.3) is 0 Å². The fourth-order valence-electron chi connectivity index (χ4n) is 3.29. The molecule has 0 amide bonds. The van der Waals surface area contributed by atoms with Crippen LogP contribution in [0.2, 0.25) is 0 Å². The zero-order valence-electron chi connectivity index (χ0n) is 15.4. The summed E-state index contributed by atoms with van der Waals surface area (Å²) in [6.07, 6.45) is 1.11. The summed E-state index contributed by atoms with van der Waals surface area (Å²) < 4.78 is 11.4. The normalized spacial score (nSPS) is 16.1. The Labute approximate surface area is 159 Å². The fourth-order valence-corrected chi connectivity index (χ4v) is 3.29. The van der Waals surface area contributed by atoms with Crippen LogP contribution in [0.4, 0.5) is 0 Å². The third kappa shape index (κ3) is 5.69. The number of aryl methyl sites for hydroxylation is 1. The number of piperazine rings is 1. The van der Waals surface area contributed by atoms with Gasteiger partial charge in [0.1, 0.15) is 11.5 Å². The van der Waals surface area contributed by atoms with Crippen molar-refractivity contribution in [2.24, 2.45) is 5.92 Å². The second-order valence-corrected chi connectivity index (χ2v) is 6.51. The van der Waals surface area contributed by atoms with E-state index in [1.54, 1.807) is 14.2 Å². The SMILES string of the molecule is COc1cc(C)cc(OC)c1[C@H](CC(C)C)N1CCNCC1.Cl.Cl. The second kappa shape index (κ2) is 11.0. The maximum Gasteiger partial charge on any atom is 0.127 e. The Kier molecular flexibility index (Phi) is 10.7. The molecule has 1 saturated heterocycles. The van der Waals surface area contributed by atoms with Crippen molar-refractivity contribution in [2.75, 3.05) is 40.4 Å². The van der Waals surface area contributed by atoms with Crippen molar-refractivity contribution in [3.8, 4) is 11.5 Å². The Hall–Kier alpha value is -0.680. The number of rotatable bonds is 6. The summed E-state index contributed by atoms with van der Waals surface area (Å²) >= 11 is 0. The number of nitrogens with one attached hydrogen (secondary N) is 1. The predicted octanol–water partition coefficient (Wildman–Crippen LogP) is 3.85. The van der Waals surface area contributed by atoms with Gasteiger partial charge in [-0.1, -0.05) is 13.8 Å². The first kappa shape index (κ1) is 23.3. The average molecular weight is 379 g/mol. The number of hydrogen-bond acceptors (Lipinski definition) is 4. The van der Waals surface area contributed by atoms with Crippen molar-refractivity contribution < 1.29 is 9.47 Å². The average Bonchev–Trinajstić information content (AvgIpc) is 2.52. The number of methoxy groups -OCH3 is 2. The van der Waals surface area contributed by atoms with Crippen molar-refractivity contribution >= 4 is 24.8 Å². The van der Waals surface area contributed by atoms with Crippen molar-refractivity contribution in [2.45, 2.75) is 33.2 Å². The third-order valence-electron chi connectivity index (χ3n) is 4.31. The highest BCUT2D eigenvalue weighted by molar-refractivity contribution is 5.85. The molecule has 2 rings (SSSR count). The number of benzene rings is 1. The zero-order valence-corrected chi connectivity index (χ0v) is 17.1. The fraction of sp³-hybridized carbons (Fsp3) is 0.667. The van der Waals surface area contributed by atoms with Crippen LogP contribution in [-0.4, -0.2) is 45.3 Å². The van der Waals surface area contributed by atoms with E-state index in [9.17, 15) is 0 Å². The van der Waals surface area contributed by atoms with Crippen LogP contribution in [0.25, 0.3) is 0 Å². The summed E-state index contributed by atoms with van der Waals surface area (Å²) in [5.74, 6) is 2.51. The van der Waals surface area contributed by atoms with E-state index in [0.29, 0.717) is 12.0 Å². The molecular weight excluding hydrogens is 347 g/mol. The molecule has 0 unspecified atom stereocenters. The van der Waals surface area contributed by atoms with Crippen LogP contribution in [0.1, 0.15) is 37.4 Å². The maximum absolute atomic E-state index is 5.70. The van der Waals surface area contributed by atoms with Crippen molar-refractivity contribution in [3.05, 3.63) is 23.3 Å². The first-order valence-corrected chi connectivity index (χ1v) is 8.24. The largest absolute Gasteiger partial charge is 0.496 e. The number of halogens is 2. The molecule has 0 aromatic heterocycles. The summed E-state index contributed by atoms with van der Waals surface area (Å²) in [6.45, 7) is 10.9. The maximum atomic E-state index is 5.70. The molecule has 24 heavy (non-hydrogen) atoms. The highest BCUT2D eigenvalue weighted by Gasteiger charge is 2.28. The Morgan fingerprint density at radius 2 is 1.54 bits per heavy atom. The topological polar surface area (TPSA) is 33.7 Å². The molecule has 1 aromatic carbocycles. The Bertz CT molecular complexity index is 467. The summed E-state index contributed by atoms with van der Waals surface area (Å²) in [4.78, 5) is 2.56. The molecule has 1 atom stereocenters. The predicted molar refractivity (Wildman–Crippen MR) is 105 cm³/mol. The van der Waals surface area contributed by atoms with Gasteiger partial charge in [0.2, 0.25) is 0 Å². The second-order valence-electron chi connectivity index (χ2n) is 6.51. The molecule has 0 spiro atoms. The summed E-state index contributed by atoms with van der Waals surface area (Å²) in [6, 6.07) is 4.58. The summed E-state index contributed by atoms with van der Waals surface area (Å²) in [5, 5.41) is 3.44. The molecule has 1 N–H and O–H groups in total. The molecule has 6 heteroatoms. The smallest absolute Gasteiger partial charge is 0.127 e. The molecule has 1 aliphatic rings. The molecule has 4 nitrogen and oxygen atoms in total. The van der Waals surface area contributed by atoms with E-state index in [1.165, 1.54) is 11.1 Å². The van der Waals surface area contributed by atoms with E-state index < -0.39 is 0 Å². The van der Waals surface area contributed by atoms with Crippen molar-refractivity contribution in [3.63, 3.8) is 0 Å². The Balaban J connectivity index is 0.00000264. The van der Waals surface area contributed by atoms with Gasteiger partial charge in [0, 0.05) is 32.2 Å². The van der Waals surface area contributed by atoms with Gasteiger partial charge in [-0.3, -0.25) is 4.90 Å². The van der Waals surface area contributed by atoms with Crippen LogP contribution in [0.3, 0.4) is 0 Å². The lowest BCUT2D eigenvalue weighted by atomic mass is 9.92. The quantitative estimate of drug-likeness (QED) is 0.814. The van der Waals surface area contributed by atoms with Crippen LogP contribution in [-0.2, 0) is 0 Å². The number of ether oxygens (including phenoxy) is 2. The molecule has 1 aromatic rings. The van der Waals surface area contributed by atoms with Crippen LogP contribution in [0.15, 0.2) is 12.1 Å². The minimum Gasteiger partial charge on any atom is -0.496 e. The van der Waals surface area contributed by atoms with E-state index >= 15 is 0 Å². The molecule has 0 radical (unpaired) electrons.